The van der Waals surface area contributed by atoms with Crippen LogP contribution in [0, 0.1) is 5.92 Å². The number of carbonyl (C=O) groups excluding carboxylic acids is 2. The third-order valence-electron chi connectivity index (χ3n) is 4.03. The van der Waals surface area contributed by atoms with Crippen molar-refractivity contribution in [2.75, 3.05) is 13.1 Å². The van der Waals surface area contributed by atoms with Gasteiger partial charge in [0.15, 0.2) is 0 Å². The van der Waals surface area contributed by atoms with Crippen molar-refractivity contribution in [3.8, 4) is 0 Å². The van der Waals surface area contributed by atoms with Gasteiger partial charge in [-0.1, -0.05) is 26.2 Å². The first kappa shape index (κ1) is 13.4. The molecule has 2 fully saturated rings. The number of nitrogens with one attached hydrogen (secondary N) is 1. The summed E-state index contributed by atoms with van der Waals surface area (Å²) in [5.74, 6) is 0.112. The Hall–Kier alpha value is -1.06. The maximum atomic E-state index is 12.1. The van der Waals surface area contributed by atoms with Crippen molar-refractivity contribution >= 4 is 11.8 Å². The Morgan fingerprint density at radius 2 is 2.06 bits per heavy atom. The Kier molecular flexibility index (Phi) is 4.61. The van der Waals surface area contributed by atoms with Crippen LogP contribution in [0.4, 0.5) is 0 Å². The number of likely N-dealkylation sites (tertiary alicyclic amines) is 1. The van der Waals surface area contributed by atoms with Crippen LogP contribution in [0.3, 0.4) is 0 Å². The minimum absolute atomic E-state index is 0.0915. The smallest absolute Gasteiger partial charge is 0.225 e. The van der Waals surface area contributed by atoms with E-state index in [9.17, 15) is 9.59 Å². The van der Waals surface area contributed by atoms with Gasteiger partial charge in [0, 0.05) is 25.6 Å². The monoisotopic (exact) mass is 252 g/mol. The van der Waals surface area contributed by atoms with Crippen LogP contribution in [0.15, 0.2) is 0 Å². The third kappa shape index (κ3) is 3.24. The van der Waals surface area contributed by atoms with Gasteiger partial charge < -0.3 is 10.2 Å². The molecular weight excluding hydrogens is 228 g/mol. The molecule has 1 aliphatic carbocycles. The van der Waals surface area contributed by atoms with E-state index < -0.39 is 0 Å². The summed E-state index contributed by atoms with van der Waals surface area (Å²) in [6.07, 6.45) is 7.29. The van der Waals surface area contributed by atoms with Crippen molar-refractivity contribution in [2.45, 2.75) is 57.9 Å². The fraction of sp³-hybridized carbons (Fsp3) is 0.857. The van der Waals surface area contributed by atoms with Gasteiger partial charge in [-0.25, -0.2) is 0 Å². The van der Waals surface area contributed by atoms with Crippen LogP contribution in [0.1, 0.15) is 51.9 Å². The number of hydrogen-bond donors (Lipinski definition) is 1. The molecule has 0 aromatic rings. The van der Waals surface area contributed by atoms with Gasteiger partial charge in [0.2, 0.25) is 11.8 Å². The molecule has 0 unspecified atom stereocenters. The minimum Gasteiger partial charge on any atom is -0.353 e. The third-order valence-corrected chi connectivity index (χ3v) is 4.03. The molecule has 0 spiro atoms. The summed E-state index contributed by atoms with van der Waals surface area (Å²) < 4.78 is 0. The largest absolute Gasteiger partial charge is 0.353 e. The number of amides is 2. The molecule has 1 heterocycles. The first-order valence-corrected chi connectivity index (χ1v) is 7.29. The molecule has 4 heteroatoms. The van der Waals surface area contributed by atoms with E-state index in [1.807, 2.05) is 4.90 Å². The average molecular weight is 252 g/mol. The van der Waals surface area contributed by atoms with E-state index in [-0.39, 0.29) is 17.7 Å². The van der Waals surface area contributed by atoms with Gasteiger partial charge in [-0.3, -0.25) is 9.59 Å². The number of rotatable bonds is 4. The second kappa shape index (κ2) is 6.21. The highest BCUT2D eigenvalue weighted by molar-refractivity contribution is 5.89. The molecular formula is C14H24N2O2. The van der Waals surface area contributed by atoms with Crippen LogP contribution < -0.4 is 5.32 Å². The lowest BCUT2D eigenvalue weighted by Gasteiger charge is -2.24. The van der Waals surface area contributed by atoms with Gasteiger partial charge in [-0.15, -0.1) is 0 Å². The van der Waals surface area contributed by atoms with Gasteiger partial charge in [-0.2, -0.15) is 0 Å². The highest BCUT2D eigenvalue weighted by atomic mass is 16.2. The van der Waals surface area contributed by atoms with E-state index in [4.69, 9.17) is 0 Å². The molecule has 1 saturated heterocycles. The van der Waals surface area contributed by atoms with E-state index in [0.29, 0.717) is 19.0 Å². The molecule has 0 radical (unpaired) electrons. The molecule has 0 aromatic heterocycles. The van der Waals surface area contributed by atoms with Gasteiger partial charge in [-0.05, 0) is 19.3 Å². The van der Waals surface area contributed by atoms with E-state index >= 15 is 0 Å². The first-order valence-electron chi connectivity index (χ1n) is 7.29. The standard InChI is InChI=1S/C14H24N2O2/c1-2-8-16-10-11(9-13(16)17)14(18)15-12-6-4-3-5-7-12/h11-12H,2-10H2,1H3,(H,15,18)/t11-/m1/s1. The molecule has 1 N–H and O–H groups in total. The number of hydrogen-bond acceptors (Lipinski definition) is 2. The zero-order valence-electron chi connectivity index (χ0n) is 11.3. The average Bonchev–Trinajstić information content (AvgIpc) is 2.73. The maximum Gasteiger partial charge on any atom is 0.225 e. The Labute approximate surface area is 109 Å². The van der Waals surface area contributed by atoms with Crippen molar-refractivity contribution in [3.63, 3.8) is 0 Å². The zero-order valence-corrected chi connectivity index (χ0v) is 11.3. The van der Waals surface area contributed by atoms with Crippen LogP contribution in [0.2, 0.25) is 0 Å². The van der Waals surface area contributed by atoms with E-state index in [2.05, 4.69) is 12.2 Å². The summed E-state index contributed by atoms with van der Waals surface area (Å²) in [6, 6.07) is 0.349. The predicted octanol–water partition coefficient (Wildman–Crippen LogP) is 1.69. The summed E-state index contributed by atoms with van der Waals surface area (Å²) >= 11 is 0. The highest BCUT2D eigenvalue weighted by Gasteiger charge is 2.34. The van der Waals surface area contributed by atoms with E-state index in [1.54, 1.807) is 0 Å². The van der Waals surface area contributed by atoms with Gasteiger partial charge in [0.25, 0.3) is 0 Å². The lowest BCUT2D eigenvalue weighted by molar-refractivity contribution is -0.129. The Morgan fingerprint density at radius 1 is 1.33 bits per heavy atom. The van der Waals surface area contributed by atoms with Crippen LogP contribution in [-0.4, -0.2) is 35.8 Å². The molecule has 102 valence electrons. The first-order chi connectivity index (χ1) is 8.70. The maximum absolute atomic E-state index is 12.1. The molecule has 2 aliphatic rings. The second-order valence-corrected chi connectivity index (χ2v) is 5.58. The Bertz CT molecular complexity index is 311. The fourth-order valence-electron chi connectivity index (χ4n) is 3.00. The quantitative estimate of drug-likeness (QED) is 0.828. The van der Waals surface area contributed by atoms with Gasteiger partial charge >= 0.3 is 0 Å². The van der Waals surface area contributed by atoms with Crippen LogP contribution in [0.25, 0.3) is 0 Å². The molecule has 1 atom stereocenters. The summed E-state index contributed by atoms with van der Waals surface area (Å²) in [6.45, 7) is 3.46. The molecule has 1 aliphatic heterocycles. The molecule has 2 amide bonds. The summed E-state index contributed by atoms with van der Waals surface area (Å²) in [7, 11) is 0. The molecule has 1 saturated carbocycles. The number of carbonyl (C=O) groups is 2. The molecule has 0 aromatic carbocycles. The van der Waals surface area contributed by atoms with Crippen molar-refractivity contribution < 1.29 is 9.59 Å². The van der Waals surface area contributed by atoms with Crippen LogP contribution >= 0.6 is 0 Å². The predicted molar refractivity (Wildman–Crippen MR) is 70.0 cm³/mol. The van der Waals surface area contributed by atoms with Crippen molar-refractivity contribution in [3.05, 3.63) is 0 Å². The SMILES string of the molecule is CCCN1C[C@H](C(=O)NC2CCCCC2)CC1=O. The fourth-order valence-corrected chi connectivity index (χ4v) is 3.00. The topological polar surface area (TPSA) is 49.4 Å². The highest BCUT2D eigenvalue weighted by Crippen LogP contribution is 2.21. The molecule has 4 nitrogen and oxygen atoms in total. The van der Waals surface area contributed by atoms with Crippen LogP contribution in [0.5, 0.6) is 0 Å². The lowest BCUT2D eigenvalue weighted by atomic mass is 9.95. The van der Waals surface area contributed by atoms with Crippen LogP contribution in [-0.2, 0) is 9.59 Å². The summed E-state index contributed by atoms with van der Waals surface area (Å²) in [5.41, 5.74) is 0. The van der Waals surface area contributed by atoms with Crippen molar-refractivity contribution in [1.29, 1.82) is 0 Å². The minimum atomic E-state index is -0.119. The van der Waals surface area contributed by atoms with Gasteiger partial charge in [0.1, 0.15) is 0 Å². The normalized spacial score (nSPS) is 25.5. The molecule has 18 heavy (non-hydrogen) atoms. The Morgan fingerprint density at radius 3 is 2.72 bits per heavy atom. The second-order valence-electron chi connectivity index (χ2n) is 5.58. The molecule has 0 bridgehead atoms. The van der Waals surface area contributed by atoms with E-state index in [1.165, 1.54) is 19.3 Å². The Balaban J connectivity index is 1.80. The van der Waals surface area contributed by atoms with Crippen molar-refractivity contribution in [2.24, 2.45) is 5.92 Å². The summed E-state index contributed by atoms with van der Waals surface area (Å²) in [4.78, 5) is 25.7. The van der Waals surface area contributed by atoms with E-state index in [0.717, 1.165) is 25.8 Å². The molecule has 2 rings (SSSR count). The lowest BCUT2D eigenvalue weighted by Crippen LogP contribution is -2.40. The number of nitrogens with zero attached hydrogens (tertiary/aromatic N) is 1. The van der Waals surface area contributed by atoms with Crippen molar-refractivity contribution in [1.82, 2.24) is 10.2 Å². The zero-order chi connectivity index (χ0) is 13.0. The van der Waals surface area contributed by atoms with Gasteiger partial charge in [0.05, 0.1) is 5.92 Å². The summed E-state index contributed by atoms with van der Waals surface area (Å²) in [5, 5.41) is 3.13.